The van der Waals surface area contributed by atoms with Gasteiger partial charge >= 0.3 is 0 Å². The van der Waals surface area contributed by atoms with Crippen molar-refractivity contribution < 1.29 is 22.7 Å². The first kappa shape index (κ1) is 19.4. The molecule has 8 nitrogen and oxygen atoms in total. The van der Waals surface area contributed by atoms with Gasteiger partial charge in [-0.15, -0.1) is 0 Å². The Morgan fingerprint density at radius 3 is 2.59 bits per heavy atom. The molecule has 2 heterocycles. The van der Waals surface area contributed by atoms with Gasteiger partial charge in [-0.2, -0.15) is 0 Å². The number of nitrogens with one attached hydrogen (secondary N) is 2. The van der Waals surface area contributed by atoms with E-state index in [0.717, 1.165) is 44.0 Å². The van der Waals surface area contributed by atoms with E-state index in [0.29, 0.717) is 12.2 Å². The van der Waals surface area contributed by atoms with Crippen LogP contribution in [0.4, 0.5) is 11.4 Å². The molecule has 0 radical (unpaired) electrons. The maximum Gasteiger partial charge on any atom is 0.293 e. The van der Waals surface area contributed by atoms with Gasteiger partial charge in [0.25, 0.3) is 5.69 Å². The highest BCUT2D eigenvalue weighted by Gasteiger charge is 2.29. The number of anilines is 1. The summed E-state index contributed by atoms with van der Waals surface area (Å²) in [7, 11) is -3.51. The zero-order valence-corrected chi connectivity index (χ0v) is 16.0. The summed E-state index contributed by atoms with van der Waals surface area (Å²) in [5, 5.41) is 14.6. The molecular weight excluding hydrogens is 370 g/mol. The zero-order chi connectivity index (χ0) is 19.4. The third kappa shape index (κ3) is 4.67. The highest BCUT2D eigenvalue weighted by atomic mass is 32.2. The molecular formula is C18H24N3O5S+. The smallest absolute Gasteiger partial charge is 0.293 e. The summed E-state index contributed by atoms with van der Waals surface area (Å²) in [6.07, 6.45) is 6.19. The summed E-state index contributed by atoms with van der Waals surface area (Å²) >= 11 is 0. The first-order valence-corrected chi connectivity index (χ1v) is 10.9. The zero-order valence-electron chi connectivity index (χ0n) is 15.2. The number of nitro benzene ring substituents is 1. The molecule has 1 fully saturated rings. The Morgan fingerprint density at radius 1 is 1.26 bits per heavy atom. The topological polar surface area (TPSA) is 107 Å². The number of rotatable bonds is 7. The largest absolute Gasteiger partial charge is 0.463 e. The lowest BCUT2D eigenvalue weighted by molar-refractivity contribution is -0.935. The van der Waals surface area contributed by atoms with Gasteiger partial charge in [0, 0.05) is 12.3 Å². The van der Waals surface area contributed by atoms with Crippen molar-refractivity contribution in [2.75, 3.05) is 31.2 Å². The van der Waals surface area contributed by atoms with Gasteiger partial charge in [0.05, 0.1) is 35.7 Å². The average Bonchev–Trinajstić information content (AvgIpc) is 3.16. The summed E-state index contributed by atoms with van der Waals surface area (Å²) < 4.78 is 29.0. The standard InChI is InChI=1S/C18H23N3O5S/c1-27(24,25)14-7-8-15(16(12-14)21(22)23)19-13-17(18-6-5-11-26-18)20-9-3-2-4-10-20/h5-8,11-12,17,19H,2-4,9-10,13H2,1H3/p+1/t17-/m0/s1. The van der Waals surface area contributed by atoms with Gasteiger partial charge < -0.3 is 14.6 Å². The quantitative estimate of drug-likeness (QED) is 0.548. The van der Waals surface area contributed by atoms with E-state index in [1.807, 2.05) is 12.1 Å². The first-order chi connectivity index (χ1) is 12.9. The molecule has 1 saturated heterocycles. The van der Waals surface area contributed by atoms with Crippen LogP contribution in [-0.4, -0.2) is 39.2 Å². The molecule has 146 valence electrons. The number of sulfone groups is 1. The minimum atomic E-state index is -3.51. The Hall–Kier alpha value is -2.39. The fraction of sp³-hybridized carbons (Fsp3) is 0.444. The Labute approximate surface area is 158 Å². The van der Waals surface area contributed by atoms with Crippen molar-refractivity contribution in [1.29, 1.82) is 0 Å². The summed E-state index contributed by atoms with van der Waals surface area (Å²) in [5.41, 5.74) is 0.0603. The van der Waals surface area contributed by atoms with Crippen molar-refractivity contribution in [1.82, 2.24) is 0 Å². The number of quaternary nitrogens is 1. The summed E-state index contributed by atoms with van der Waals surface area (Å²) in [6.45, 7) is 2.52. The van der Waals surface area contributed by atoms with Crippen molar-refractivity contribution in [3.63, 3.8) is 0 Å². The lowest BCUT2D eigenvalue weighted by atomic mass is 10.1. The molecule has 0 bridgehead atoms. The van der Waals surface area contributed by atoms with Gasteiger partial charge in [-0.1, -0.05) is 0 Å². The average molecular weight is 394 g/mol. The van der Waals surface area contributed by atoms with E-state index in [1.54, 1.807) is 6.26 Å². The van der Waals surface area contributed by atoms with E-state index in [2.05, 4.69) is 5.32 Å². The van der Waals surface area contributed by atoms with Crippen molar-refractivity contribution >= 4 is 21.2 Å². The van der Waals surface area contributed by atoms with E-state index < -0.39 is 14.8 Å². The molecule has 1 atom stereocenters. The van der Waals surface area contributed by atoms with Crippen LogP contribution in [0.3, 0.4) is 0 Å². The summed E-state index contributed by atoms with van der Waals surface area (Å²) in [5.74, 6) is 0.842. The number of nitrogens with zero attached hydrogens (tertiary/aromatic N) is 1. The molecule has 3 rings (SSSR count). The maximum atomic E-state index is 11.7. The molecule has 0 saturated carbocycles. The summed E-state index contributed by atoms with van der Waals surface area (Å²) in [6, 6.07) is 7.76. The number of likely N-dealkylation sites (tertiary alicyclic amines) is 1. The number of hydrogen-bond acceptors (Lipinski definition) is 6. The van der Waals surface area contributed by atoms with Crippen molar-refractivity contribution in [3.8, 4) is 0 Å². The number of piperidine rings is 1. The third-order valence-corrected chi connectivity index (χ3v) is 6.08. The van der Waals surface area contributed by atoms with E-state index in [9.17, 15) is 18.5 Å². The van der Waals surface area contributed by atoms with Gasteiger partial charge in [-0.3, -0.25) is 10.1 Å². The highest BCUT2D eigenvalue weighted by molar-refractivity contribution is 7.90. The molecule has 1 aliphatic rings. The second kappa shape index (κ2) is 8.10. The van der Waals surface area contributed by atoms with Gasteiger partial charge in [-0.25, -0.2) is 8.42 Å². The fourth-order valence-corrected chi connectivity index (χ4v) is 4.19. The van der Waals surface area contributed by atoms with Crippen LogP contribution < -0.4 is 10.2 Å². The van der Waals surface area contributed by atoms with Crippen LogP contribution in [0.2, 0.25) is 0 Å². The van der Waals surface area contributed by atoms with E-state index in [1.165, 1.54) is 23.5 Å². The van der Waals surface area contributed by atoms with Gasteiger partial charge in [0.1, 0.15) is 5.69 Å². The second-order valence-electron chi connectivity index (χ2n) is 6.88. The monoisotopic (exact) mass is 394 g/mol. The van der Waals surface area contributed by atoms with Crippen LogP contribution in [0.5, 0.6) is 0 Å². The molecule has 0 amide bonds. The molecule has 1 aromatic carbocycles. The number of furan rings is 1. The first-order valence-electron chi connectivity index (χ1n) is 8.96. The van der Waals surface area contributed by atoms with Crippen LogP contribution in [0.15, 0.2) is 45.9 Å². The van der Waals surface area contributed by atoms with Crippen LogP contribution in [0.25, 0.3) is 0 Å². The lowest BCUT2D eigenvalue weighted by Gasteiger charge is -2.30. The number of nitro groups is 1. The van der Waals surface area contributed by atoms with Gasteiger partial charge in [0.2, 0.25) is 0 Å². The predicted octanol–water partition coefficient (Wildman–Crippen LogP) is 1.81. The molecule has 0 aliphatic carbocycles. The molecule has 1 aliphatic heterocycles. The summed E-state index contributed by atoms with van der Waals surface area (Å²) in [4.78, 5) is 12.2. The predicted molar refractivity (Wildman–Crippen MR) is 101 cm³/mol. The molecule has 9 heteroatoms. The van der Waals surface area contributed by atoms with Crippen molar-refractivity contribution in [3.05, 3.63) is 52.5 Å². The van der Waals surface area contributed by atoms with Crippen LogP contribution in [-0.2, 0) is 9.84 Å². The third-order valence-electron chi connectivity index (χ3n) is 4.97. The SMILES string of the molecule is CS(=O)(=O)c1ccc(NC[C@@H](c2ccco2)[NH+]2CCCCC2)c([N+](=O)[O-])c1. The van der Waals surface area contributed by atoms with Crippen molar-refractivity contribution in [2.45, 2.75) is 30.2 Å². The molecule has 0 spiro atoms. The number of hydrogen-bond donors (Lipinski definition) is 2. The molecule has 1 aromatic heterocycles. The Bertz CT molecular complexity index is 890. The molecule has 0 unspecified atom stereocenters. The minimum absolute atomic E-state index is 0.0366. The Kier molecular flexibility index (Phi) is 5.81. The molecule has 27 heavy (non-hydrogen) atoms. The highest BCUT2D eigenvalue weighted by Crippen LogP contribution is 2.28. The van der Waals surface area contributed by atoms with Crippen LogP contribution in [0, 0.1) is 10.1 Å². The lowest BCUT2D eigenvalue weighted by Crippen LogP contribution is -3.13. The minimum Gasteiger partial charge on any atom is -0.463 e. The van der Waals surface area contributed by atoms with Gasteiger partial charge in [-0.05, 0) is 43.5 Å². The maximum absolute atomic E-state index is 11.7. The Balaban J connectivity index is 1.83. The van der Waals surface area contributed by atoms with E-state index >= 15 is 0 Å². The van der Waals surface area contributed by atoms with Crippen molar-refractivity contribution in [2.24, 2.45) is 0 Å². The second-order valence-corrected chi connectivity index (χ2v) is 8.89. The van der Waals surface area contributed by atoms with Crippen LogP contribution in [0.1, 0.15) is 31.1 Å². The van der Waals surface area contributed by atoms with Crippen LogP contribution >= 0.6 is 0 Å². The molecule has 2 N–H and O–H groups in total. The van der Waals surface area contributed by atoms with E-state index in [-0.39, 0.29) is 16.6 Å². The Morgan fingerprint density at radius 2 is 2.00 bits per heavy atom. The molecule has 2 aromatic rings. The fourth-order valence-electron chi connectivity index (χ4n) is 3.54. The van der Waals surface area contributed by atoms with E-state index in [4.69, 9.17) is 4.42 Å². The van der Waals surface area contributed by atoms with Gasteiger partial charge in [0.15, 0.2) is 21.6 Å². The normalized spacial score (nSPS) is 16.8. The number of benzene rings is 1.